The van der Waals surface area contributed by atoms with E-state index in [1.54, 1.807) is 0 Å². The number of phenolic OH excluding ortho intramolecular Hbond substituents is 2. The molecule has 1 aliphatic carbocycles. The first kappa shape index (κ1) is 39.8. The number of ether oxygens (including phenoxy) is 7. The summed E-state index contributed by atoms with van der Waals surface area (Å²) < 4.78 is 36.0. The lowest BCUT2D eigenvalue weighted by Gasteiger charge is -2.39. The molecule has 0 amide bonds. The van der Waals surface area contributed by atoms with Gasteiger partial charge in [0.15, 0.2) is 28.6 Å². The van der Waals surface area contributed by atoms with Crippen LogP contribution in [0, 0.1) is 0 Å². The van der Waals surface area contributed by atoms with Gasteiger partial charge >= 0.3 is 17.9 Å². The molecule has 18 nitrogen and oxygen atoms in total. The molecule has 284 valence electrons. The Hall–Kier alpha value is -4.95. The van der Waals surface area contributed by atoms with Crippen molar-refractivity contribution in [3.05, 3.63) is 53.6 Å². The van der Waals surface area contributed by atoms with E-state index in [0.717, 1.165) is 25.3 Å². The number of hydrogen-bond donors (Lipinski definition) is 8. The Kier molecular flexibility index (Phi) is 13.1. The molecule has 2 aromatic rings. The third kappa shape index (κ3) is 9.28. The first-order valence-electron chi connectivity index (χ1n) is 15.7. The zero-order valence-corrected chi connectivity index (χ0v) is 28.1. The van der Waals surface area contributed by atoms with Gasteiger partial charge in [0.2, 0.25) is 12.0 Å². The van der Waals surface area contributed by atoms with Gasteiger partial charge in [-0.15, -0.1) is 0 Å². The fourth-order valence-corrected chi connectivity index (χ4v) is 5.47. The van der Waals surface area contributed by atoms with Gasteiger partial charge in [0, 0.05) is 25.0 Å². The Morgan fingerprint density at radius 2 is 1.44 bits per heavy atom. The number of aliphatic hydroxyl groups excluding tert-OH is 5. The van der Waals surface area contributed by atoms with Gasteiger partial charge < -0.3 is 74.0 Å². The predicted molar refractivity (Wildman–Crippen MR) is 174 cm³/mol. The number of carbonyl (C=O) groups is 3. The molecule has 1 aliphatic heterocycles. The Morgan fingerprint density at radius 1 is 0.808 bits per heavy atom. The van der Waals surface area contributed by atoms with Crippen LogP contribution in [0.1, 0.15) is 24.0 Å². The van der Waals surface area contributed by atoms with Crippen LogP contribution in [0.5, 0.6) is 28.7 Å². The number of aliphatic hydroxyl groups is 6. The Labute approximate surface area is 296 Å². The van der Waals surface area contributed by atoms with Crippen molar-refractivity contribution in [3.8, 4) is 28.7 Å². The third-order valence-electron chi connectivity index (χ3n) is 8.30. The highest BCUT2D eigenvalue weighted by molar-refractivity contribution is 5.88. The first-order chi connectivity index (χ1) is 24.6. The van der Waals surface area contributed by atoms with Crippen molar-refractivity contribution in [2.45, 2.75) is 67.5 Å². The van der Waals surface area contributed by atoms with Gasteiger partial charge in [-0.05, 0) is 47.5 Å². The highest BCUT2D eigenvalue weighted by Crippen LogP contribution is 2.38. The summed E-state index contributed by atoms with van der Waals surface area (Å²) in [6.07, 6.45) is -9.50. The molecule has 0 bridgehead atoms. The van der Waals surface area contributed by atoms with E-state index in [-0.39, 0.29) is 28.6 Å². The van der Waals surface area contributed by atoms with Gasteiger partial charge in [0.05, 0.1) is 27.4 Å². The molecule has 0 aromatic heterocycles. The number of carbonyl (C=O) groups excluding carboxylic acids is 3. The summed E-state index contributed by atoms with van der Waals surface area (Å²) in [6, 6.07) is 6.64. The van der Waals surface area contributed by atoms with E-state index in [1.165, 1.54) is 50.6 Å². The highest BCUT2D eigenvalue weighted by atomic mass is 16.7. The van der Waals surface area contributed by atoms with Gasteiger partial charge in [-0.25, -0.2) is 14.4 Å². The lowest BCUT2D eigenvalue weighted by atomic mass is 9.79. The van der Waals surface area contributed by atoms with Crippen LogP contribution in [0.2, 0.25) is 0 Å². The molecule has 4 rings (SSSR count). The summed E-state index contributed by atoms with van der Waals surface area (Å²) in [5.74, 6) is -3.74. The van der Waals surface area contributed by atoms with Crippen molar-refractivity contribution < 1.29 is 88.4 Å². The topological polar surface area (TPSA) is 278 Å². The van der Waals surface area contributed by atoms with E-state index in [0.29, 0.717) is 5.56 Å². The van der Waals surface area contributed by atoms with Crippen molar-refractivity contribution >= 4 is 30.1 Å². The minimum Gasteiger partial charge on any atom is -0.504 e. The first-order valence-corrected chi connectivity index (χ1v) is 15.7. The molecule has 0 unspecified atom stereocenters. The largest absolute Gasteiger partial charge is 0.504 e. The van der Waals surface area contributed by atoms with E-state index in [1.807, 2.05) is 0 Å². The second-order valence-corrected chi connectivity index (χ2v) is 11.9. The predicted octanol–water partition coefficient (Wildman–Crippen LogP) is -1.10. The molecule has 9 atom stereocenters. The monoisotopic (exact) mass is 736 g/mol. The summed E-state index contributed by atoms with van der Waals surface area (Å²) in [6.45, 7) is -0.583. The Bertz CT molecular complexity index is 1630. The van der Waals surface area contributed by atoms with Crippen LogP contribution >= 0.6 is 0 Å². The summed E-state index contributed by atoms with van der Waals surface area (Å²) in [5.41, 5.74) is -1.53. The fraction of sp³-hybridized carbons (Fsp3) is 0.441. The molecule has 1 saturated carbocycles. The molecule has 52 heavy (non-hydrogen) atoms. The standard InChI is InChI=1S/C34H40O18/c1-46-21-11-17(12-22(47-2)28(21)40)6-8-25(37)49-15-24-29(41)30(42)31(43)32(52-24)51-20-7-4-16(10-18(20)35)5-9-26(38)50-23-14-34(45,33(44)48-3)13-19(36)27(23)39/h4-12,19,23-24,27,29-32,35-36,39-43,45H,13-15H2,1-3H3/b8-6+,9-5+/t19-,23-,24-,27-,29-,30+,31-,32-,34+/m1/s1. The molecule has 1 saturated heterocycles. The van der Waals surface area contributed by atoms with Crippen LogP contribution in [-0.4, -0.2) is 141 Å². The molecule has 2 fully saturated rings. The zero-order chi connectivity index (χ0) is 38.3. The number of esters is 3. The van der Waals surface area contributed by atoms with E-state index in [2.05, 4.69) is 4.74 Å². The highest BCUT2D eigenvalue weighted by Gasteiger charge is 2.51. The minimum atomic E-state index is -2.18. The van der Waals surface area contributed by atoms with Crippen LogP contribution in [0.4, 0.5) is 0 Å². The molecule has 2 aromatic carbocycles. The van der Waals surface area contributed by atoms with E-state index >= 15 is 0 Å². The Morgan fingerprint density at radius 3 is 2.06 bits per heavy atom. The molecular weight excluding hydrogens is 696 g/mol. The third-order valence-corrected chi connectivity index (χ3v) is 8.30. The SMILES string of the molecule is COC(=O)[C@]1(O)C[C@@H](O)[C@@H](O)[C@H](OC(=O)/C=C/c2ccc(O[C@@H]3O[C@H](COC(=O)/C=C/c4cc(OC)c(O)c(OC)c4)[C@@H](O)[C@H](O)[C@H]3O)c(O)c2)C1. The van der Waals surface area contributed by atoms with Gasteiger partial charge in [-0.2, -0.15) is 0 Å². The molecular formula is C34H40O18. The van der Waals surface area contributed by atoms with E-state index in [4.69, 9.17) is 28.4 Å². The maximum Gasteiger partial charge on any atom is 0.338 e. The number of benzene rings is 2. The summed E-state index contributed by atoms with van der Waals surface area (Å²) in [5, 5.41) is 82.7. The second kappa shape index (κ2) is 17.0. The van der Waals surface area contributed by atoms with Crippen LogP contribution in [0.25, 0.3) is 12.2 Å². The molecule has 0 spiro atoms. The lowest BCUT2D eigenvalue weighted by molar-refractivity contribution is -0.278. The number of phenols is 2. The minimum absolute atomic E-state index is 0.0968. The Balaban J connectivity index is 1.35. The van der Waals surface area contributed by atoms with Gasteiger partial charge in [-0.1, -0.05) is 6.07 Å². The summed E-state index contributed by atoms with van der Waals surface area (Å²) >= 11 is 0. The van der Waals surface area contributed by atoms with E-state index in [9.17, 15) is 55.2 Å². The van der Waals surface area contributed by atoms with Crippen LogP contribution < -0.4 is 14.2 Å². The van der Waals surface area contributed by atoms with Crippen LogP contribution in [0.15, 0.2) is 42.5 Å². The molecule has 1 heterocycles. The number of aromatic hydroxyl groups is 2. The second-order valence-electron chi connectivity index (χ2n) is 11.9. The smallest absolute Gasteiger partial charge is 0.338 e. The van der Waals surface area contributed by atoms with Crippen molar-refractivity contribution in [2.24, 2.45) is 0 Å². The maximum atomic E-state index is 12.5. The van der Waals surface area contributed by atoms with Crippen LogP contribution in [-0.2, 0) is 33.3 Å². The summed E-state index contributed by atoms with van der Waals surface area (Å²) in [4.78, 5) is 36.8. The van der Waals surface area contributed by atoms with Crippen molar-refractivity contribution in [2.75, 3.05) is 27.9 Å². The van der Waals surface area contributed by atoms with Crippen molar-refractivity contribution in [1.29, 1.82) is 0 Å². The summed E-state index contributed by atoms with van der Waals surface area (Å²) in [7, 11) is 3.70. The molecule has 18 heteroatoms. The van der Waals surface area contributed by atoms with Gasteiger partial charge in [-0.3, -0.25) is 0 Å². The molecule has 2 aliphatic rings. The average Bonchev–Trinajstić information content (AvgIpc) is 3.12. The fourth-order valence-electron chi connectivity index (χ4n) is 5.47. The molecule has 8 N–H and O–H groups in total. The molecule has 0 radical (unpaired) electrons. The van der Waals surface area contributed by atoms with E-state index < -0.39 is 97.7 Å². The van der Waals surface area contributed by atoms with Crippen molar-refractivity contribution in [1.82, 2.24) is 0 Å². The number of rotatable bonds is 12. The number of methoxy groups -OCH3 is 3. The van der Waals surface area contributed by atoms with Gasteiger partial charge in [0.1, 0.15) is 43.2 Å². The normalized spacial score (nSPS) is 29.0. The quantitative estimate of drug-likeness (QED) is 0.0730. The lowest BCUT2D eigenvalue weighted by Crippen LogP contribution is -2.60. The number of hydrogen-bond acceptors (Lipinski definition) is 18. The zero-order valence-electron chi connectivity index (χ0n) is 28.1. The maximum absolute atomic E-state index is 12.5. The average molecular weight is 737 g/mol. The van der Waals surface area contributed by atoms with Gasteiger partial charge in [0.25, 0.3) is 0 Å². The van der Waals surface area contributed by atoms with Crippen molar-refractivity contribution in [3.63, 3.8) is 0 Å². The van der Waals surface area contributed by atoms with Crippen LogP contribution in [0.3, 0.4) is 0 Å².